The normalized spacial score (nSPS) is 11.6. The van der Waals surface area contributed by atoms with Crippen LogP contribution >= 0.6 is 0 Å². The van der Waals surface area contributed by atoms with Crippen LogP contribution in [0.1, 0.15) is 62.5 Å². The third-order valence-electron chi connectivity index (χ3n) is 14.7. The van der Waals surface area contributed by atoms with Gasteiger partial charge in [0.05, 0.1) is 24.2 Å². The number of furan rings is 2. The van der Waals surface area contributed by atoms with E-state index in [-0.39, 0.29) is 37.1 Å². The zero-order valence-corrected chi connectivity index (χ0v) is 48.3. The van der Waals surface area contributed by atoms with Crippen molar-refractivity contribution in [2.24, 2.45) is 0 Å². The molecule has 0 aliphatic rings. The van der Waals surface area contributed by atoms with Crippen LogP contribution in [0.4, 0.5) is 44.9 Å². The van der Waals surface area contributed by atoms with Crippen molar-refractivity contribution in [1.29, 1.82) is 0 Å². The maximum Gasteiger partial charge on any atom is 0.411 e. The molecule has 5 N–H and O–H groups in total. The van der Waals surface area contributed by atoms with Gasteiger partial charge in [0.2, 0.25) is 11.8 Å². The monoisotopic (exact) mass is 1150 g/mol. The van der Waals surface area contributed by atoms with Crippen molar-refractivity contribution in [2.45, 2.75) is 65.1 Å². The molecule has 0 fully saturated rings. The number of fused-ring (bicyclic) bond motifs is 6. The molecule has 432 valence electrons. The second-order valence-corrected chi connectivity index (χ2v) is 22.7. The van der Waals surface area contributed by atoms with E-state index in [0.29, 0.717) is 51.2 Å². The number of hydrogen-bond donors (Lipinski definition) is 5. The van der Waals surface area contributed by atoms with Crippen molar-refractivity contribution in [1.82, 2.24) is 24.8 Å². The van der Waals surface area contributed by atoms with E-state index >= 15 is 0 Å². The first-order valence-electron chi connectivity index (χ1n) is 28.3. The Bertz CT molecular complexity index is 4550. The standard InChI is InChI=1S/C70H60N10O7/c1-69(2,3)80(40-44-13-10-14-45(35-44)67(83)79-50-33-29-47(30-34-50)76-62-38-58(72-42-74-62)56-20-12-18-54-52-16-7-9-22-60(52)86-66(54)56)68(84)87-70(4,5)39-64(82)78-48-25-23-43(24-26-48)36-63(81)77-49-31-27-46(28-32-49)75-61-37-57(71-41-73-61)55-19-11-17-53-51-15-6-8-21-59(51)85-65(53)55/h6-35,37-38,41-42H,36,39-40H2,1-5H3,(H,77,81)(H,78,82)(H,79,83)(H,71,73,75)(H,72,74,76). The second kappa shape index (κ2) is 23.8. The largest absolute Gasteiger partial charge is 0.455 e. The average Bonchev–Trinajstić information content (AvgIpc) is 1.73. The first-order valence-corrected chi connectivity index (χ1v) is 28.3. The lowest BCUT2D eigenvalue weighted by Gasteiger charge is -2.37. The first-order chi connectivity index (χ1) is 42.0. The van der Waals surface area contributed by atoms with Crippen LogP contribution in [0.15, 0.2) is 216 Å². The van der Waals surface area contributed by atoms with Gasteiger partial charge in [-0.3, -0.25) is 19.3 Å². The average molecular weight is 1150 g/mol. The van der Waals surface area contributed by atoms with E-state index in [4.69, 9.17) is 13.6 Å². The summed E-state index contributed by atoms with van der Waals surface area (Å²) in [4.78, 5) is 73.6. The molecule has 12 rings (SSSR count). The maximum atomic E-state index is 14.0. The summed E-state index contributed by atoms with van der Waals surface area (Å²) < 4.78 is 18.5. The summed E-state index contributed by atoms with van der Waals surface area (Å²) in [5.74, 6) is 0.283. The molecule has 0 atom stereocenters. The van der Waals surface area contributed by atoms with Crippen LogP contribution in [0.25, 0.3) is 66.4 Å². The van der Waals surface area contributed by atoms with Crippen LogP contribution in [-0.4, -0.2) is 59.8 Å². The van der Waals surface area contributed by atoms with Gasteiger partial charge in [-0.15, -0.1) is 0 Å². The van der Waals surface area contributed by atoms with Crippen LogP contribution in [-0.2, 0) is 27.3 Å². The molecule has 4 heterocycles. The number of amides is 4. The lowest BCUT2D eigenvalue weighted by molar-refractivity contribution is -0.120. The Hall–Kier alpha value is -11.2. The van der Waals surface area contributed by atoms with E-state index in [1.165, 1.54) is 12.7 Å². The van der Waals surface area contributed by atoms with Crippen LogP contribution in [0, 0.1) is 0 Å². The summed E-state index contributed by atoms with van der Waals surface area (Å²) in [5.41, 5.74) is 9.48. The number of aromatic nitrogens is 4. The van der Waals surface area contributed by atoms with Gasteiger partial charge < -0.3 is 40.2 Å². The molecule has 0 bridgehead atoms. The second-order valence-electron chi connectivity index (χ2n) is 22.7. The number of benzene rings is 8. The number of para-hydroxylation sites is 4. The molecule has 0 aliphatic carbocycles. The molecule has 0 unspecified atom stereocenters. The van der Waals surface area contributed by atoms with Crippen molar-refractivity contribution in [3.8, 4) is 22.5 Å². The Kier molecular flexibility index (Phi) is 15.4. The molecular formula is C70H60N10O7. The summed E-state index contributed by atoms with van der Waals surface area (Å²) >= 11 is 0. The van der Waals surface area contributed by atoms with Crippen molar-refractivity contribution >= 4 is 108 Å². The Labute approximate surface area is 500 Å². The smallest absolute Gasteiger partial charge is 0.411 e. The molecule has 8 aromatic carbocycles. The SMILES string of the molecule is CC(C)(CC(=O)Nc1ccc(CC(=O)Nc2ccc(Nc3cc(-c4cccc5c4oc4ccccc45)ncn3)cc2)cc1)OC(=O)N(Cc1cccc(C(=O)Nc2ccc(Nc3cc(-c4cccc5c4oc4ccccc45)ncn3)cc2)c1)C(C)(C)C. The highest BCUT2D eigenvalue weighted by atomic mass is 16.6. The Morgan fingerprint density at radius 3 is 1.48 bits per heavy atom. The fraction of sp³-hybridized carbons (Fsp3) is 0.143. The molecule has 0 aliphatic heterocycles. The van der Waals surface area contributed by atoms with Gasteiger partial charge in [0.1, 0.15) is 52.2 Å². The number of anilines is 7. The lowest BCUT2D eigenvalue weighted by Crippen LogP contribution is -2.48. The topological polar surface area (TPSA) is 219 Å². The third-order valence-corrected chi connectivity index (χ3v) is 14.7. The predicted molar refractivity (Wildman–Crippen MR) is 341 cm³/mol. The number of carbonyl (C=O) groups excluding carboxylic acids is 4. The Morgan fingerprint density at radius 1 is 0.471 bits per heavy atom. The van der Waals surface area contributed by atoms with E-state index in [9.17, 15) is 19.2 Å². The summed E-state index contributed by atoms with van der Waals surface area (Å²) in [6, 6.07) is 60.3. The highest BCUT2D eigenvalue weighted by molar-refractivity contribution is 6.10. The fourth-order valence-electron chi connectivity index (χ4n) is 10.4. The number of nitrogens with one attached hydrogen (secondary N) is 5. The molecule has 4 amide bonds. The van der Waals surface area contributed by atoms with Crippen LogP contribution < -0.4 is 26.6 Å². The number of nitrogens with zero attached hydrogens (tertiary/aromatic N) is 5. The van der Waals surface area contributed by atoms with Crippen molar-refractivity contribution in [2.75, 3.05) is 26.6 Å². The maximum absolute atomic E-state index is 14.0. The molecule has 0 radical (unpaired) electrons. The van der Waals surface area contributed by atoms with Crippen molar-refractivity contribution < 1.29 is 32.7 Å². The van der Waals surface area contributed by atoms with E-state index in [0.717, 1.165) is 71.9 Å². The zero-order valence-electron chi connectivity index (χ0n) is 48.3. The number of carbonyl (C=O) groups is 4. The molecule has 0 spiro atoms. The van der Waals surface area contributed by atoms with E-state index in [1.54, 1.807) is 73.3 Å². The minimum atomic E-state index is -1.20. The minimum absolute atomic E-state index is 0.104. The minimum Gasteiger partial charge on any atom is -0.455 e. The molecular weight excluding hydrogens is 1090 g/mol. The molecule has 87 heavy (non-hydrogen) atoms. The molecule has 0 saturated heterocycles. The third kappa shape index (κ3) is 13.0. The van der Waals surface area contributed by atoms with Gasteiger partial charge in [-0.05, 0) is 143 Å². The highest BCUT2D eigenvalue weighted by Gasteiger charge is 2.34. The predicted octanol–water partition coefficient (Wildman–Crippen LogP) is 15.9. The van der Waals surface area contributed by atoms with E-state index in [1.807, 2.05) is 160 Å². The van der Waals surface area contributed by atoms with Crippen molar-refractivity contribution in [3.63, 3.8) is 0 Å². The number of rotatable bonds is 17. The number of hydrogen-bond acceptors (Lipinski definition) is 13. The molecule has 12 aromatic rings. The van der Waals surface area contributed by atoms with Gasteiger partial charge in [-0.25, -0.2) is 24.7 Å². The van der Waals surface area contributed by atoms with Gasteiger partial charge in [0.25, 0.3) is 5.91 Å². The van der Waals surface area contributed by atoms with Crippen LogP contribution in [0.3, 0.4) is 0 Å². The van der Waals surface area contributed by atoms with Gasteiger partial charge in [0, 0.05) is 90.9 Å². The van der Waals surface area contributed by atoms with Crippen LogP contribution in [0.2, 0.25) is 0 Å². The first kappa shape index (κ1) is 56.3. The fourth-order valence-corrected chi connectivity index (χ4v) is 10.4. The molecule has 17 heteroatoms. The molecule has 17 nitrogen and oxygen atoms in total. The van der Waals surface area contributed by atoms with E-state index < -0.39 is 17.2 Å². The highest BCUT2D eigenvalue weighted by Crippen LogP contribution is 2.38. The quantitative estimate of drug-likeness (QED) is 0.0574. The molecule has 0 saturated carbocycles. The van der Waals surface area contributed by atoms with E-state index in [2.05, 4.69) is 46.5 Å². The Balaban J connectivity index is 0.598. The number of ether oxygens (including phenoxy) is 1. The molecule has 4 aromatic heterocycles. The van der Waals surface area contributed by atoms with Gasteiger partial charge in [-0.2, -0.15) is 0 Å². The Morgan fingerprint density at radius 2 is 0.943 bits per heavy atom. The summed E-state index contributed by atoms with van der Waals surface area (Å²) in [5, 5.41) is 19.6. The lowest BCUT2D eigenvalue weighted by atomic mass is 10.0. The van der Waals surface area contributed by atoms with Gasteiger partial charge in [0.15, 0.2) is 0 Å². The van der Waals surface area contributed by atoms with Crippen molar-refractivity contribution in [3.05, 3.63) is 223 Å². The zero-order chi connectivity index (χ0) is 60.2. The summed E-state index contributed by atoms with van der Waals surface area (Å²) in [7, 11) is 0. The van der Waals surface area contributed by atoms with Gasteiger partial charge >= 0.3 is 6.09 Å². The van der Waals surface area contributed by atoms with Gasteiger partial charge in [-0.1, -0.05) is 84.9 Å². The van der Waals surface area contributed by atoms with Crippen LogP contribution in [0.5, 0.6) is 0 Å². The summed E-state index contributed by atoms with van der Waals surface area (Å²) in [6.45, 7) is 9.17. The summed E-state index contributed by atoms with van der Waals surface area (Å²) in [6.07, 6.45) is 2.37.